The molecule has 1 N–H and O–H groups in total. The Morgan fingerprint density at radius 3 is 2.52 bits per heavy atom. The van der Waals surface area contributed by atoms with Crippen LogP contribution in [0.15, 0.2) is 59.5 Å². The lowest BCUT2D eigenvalue weighted by molar-refractivity contribution is -0.385. The van der Waals surface area contributed by atoms with Crippen LogP contribution in [0.3, 0.4) is 0 Å². The van der Waals surface area contributed by atoms with Crippen molar-refractivity contribution in [3.8, 4) is 0 Å². The van der Waals surface area contributed by atoms with Gasteiger partial charge >= 0.3 is 0 Å². The molecule has 0 atom stereocenters. The molecule has 0 unspecified atom stereocenters. The molecule has 5 nitrogen and oxygen atoms in total. The SMILES string of the molecule is O=C(Cc1ccccc1[N+](=O)[O-])NCCCSc1ccccc1. The first-order valence-corrected chi connectivity index (χ1v) is 8.32. The van der Waals surface area contributed by atoms with Gasteiger partial charge < -0.3 is 5.32 Å². The van der Waals surface area contributed by atoms with E-state index in [9.17, 15) is 14.9 Å². The van der Waals surface area contributed by atoms with Gasteiger partial charge in [0.15, 0.2) is 0 Å². The third kappa shape index (κ3) is 5.75. The van der Waals surface area contributed by atoms with Crippen molar-refractivity contribution in [2.75, 3.05) is 12.3 Å². The Kier molecular flexibility index (Phi) is 6.62. The fourth-order valence-corrected chi connectivity index (χ4v) is 2.95. The Morgan fingerprint density at radius 1 is 1.09 bits per heavy atom. The topological polar surface area (TPSA) is 72.2 Å². The molecule has 0 aliphatic carbocycles. The summed E-state index contributed by atoms with van der Waals surface area (Å²) in [5.41, 5.74) is 0.427. The number of para-hydroxylation sites is 1. The van der Waals surface area contributed by atoms with Gasteiger partial charge in [0.25, 0.3) is 5.69 Å². The molecular formula is C17H18N2O3S. The molecule has 0 aliphatic rings. The smallest absolute Gasteiger partial charge is 0.273 e. The second-order valence-electron chi connectivity index (χ2n) is 4.93. The van der Waals surface area contributed by atoms with E-state index in [-0.39, 0.29) is 18.0 Å². The third-order valence-corrected chi connectivity index (χ3v) is 4.29. The number of nitrogens with zero attached hydrogens (tertiary/aromatic N) is 1. The normalized spacial score (nSPS) is 10.3. The predicted octanol–water partition coefficient (Wildman–Crippen LogP) is 3.44. The number of carbonyl (C=O) groups is 1. The van der Waals surface area contributed by atoms with Crippen molar-refractivity contribution in [1.82, 2.24) is 5.32 Å². The van der Waals surface area contributed by atoms with E-state index >= 15 is 0 Å². The number of rotatable bonds is 8. The van der Waals surface area contributed by atoms with Crippen LogP contribution in [0, 0.1) is 10.1 Å². The molecule has 1 amide bonds. The molecule has 0 heterocycles. The van der Waals surface area contributed by atoms with Crippen LogP contribution in [-0.4, -0.2) is 23.1 Å². The first-order valence-electron chi connectivity index (χ1n) is 7.33. The van der Waals surface area contributed by atoms with Crippen LogP contribution >= 0.6 is 11.8 Å². The Balaban J connectivity index is 1.70. The van der Waals surface area contributed by atoms with Gasteiger partial charge in [-0.15, -0.1) is 11.8 Å². The lowest BCUT2D eigenvalue weighted by Gasteiger charge is -2.06. The summed E-state index contributed by atoms with van der Waals surface area (Å²) < 4.78 is 0. The van der Waals surface area contributed by atoms with Gasteiger partial charge in [0.2, 0.25) is 5.91 Å². The van der Waals surface area contributed by atoms with Crippen molar-refractivity contribution >= 4 is 23.4 Å². The van der Waals surface area contributed by atoms with E-state index in [0.29, 0.717) is 12.1 Å². The zero-order chi connectivity index (χ0) is 16.5. The highest BCUT2D eigenvalue weighted by atomic mass is 32.2. The average Bonchev–Trinajstić information content (AvgIpc) is 2.56. The molecule has 120 valence electrons. The number of nitro benzene ring substituents is 1. The molecule has 2 aromatic carbocycles. The summed E-state index contributed by atoms with van der Waals surface area (Å²) in [4.78, 5) is 23.5. The van der Waals surface area contributed by atoms with Gasteiger partial charge in [-0.05, 0) is 24.3 Å². The number of hydrogen-bond donors (Lipinski definition) is 1. The highest BCUT2D eigenvalue weighted by molar-refractivity contribution is 7.99. The summed E-state index contributed by atoms with van der Waals surface area (Å²) in [5.74, 6) is 0.722. The Morgan fingerprint density at radius 2 is 1.78 bits per heavy atom. The second kappa shape index (κ2) is 8.95. The van der Waals surface area contributed by atoms with Gasteiger partial charge in [-0.25, -0.2) is 0 Å². The number of nitrogens with one attached hydrogen (secondary N) is 1. The van der Waals surface area contributed by atoms with E-state index in [1.807, 2.05) is 18.2 Å². The molecule has 0 fully saturated rings. The number of carbonyl (C=O) groups excluding carboxylic acids is 1. The Hall–Kier alpha value is -2.34. The largest absolute Gasteiger partial charge is 0.356 e. The minimum absolute atomic E-state index is 0.0118. The Bertz CT molecular complexity index is 662. The number of benzene rings is 2. The van der Waals surface area contributed by atoms with Crippen LogP contribution in [0.4, 0.5) is 5.69 Å². The van der Waals surface area contributed by atoms with E-state index < -0.39 is 4.92 Å². The first kappa shape index (κ1) is 17.0. The molecule has 0 aliphatic heterocycles. The van der Waals surface area contributed by atoms with Crippen LogP contribution in [0.25, 0.3) is 0 Å². The van der Waals surface area contributed by atoms with Crippen molar-refractivity contribution in [1.29, 1.82) is 0 Å². The quantitative estimate of drug-likeness (QED) is 0.348. The van der Waals surface area contributed by atoms with Crippen LogP contribution in [0.2, 0.25) is 0 Å². The van der Waals surface area contributed by atoms with E-state index in [1.165, 1.54) is 11.0 Å². The van der Waals surface area contributed by atoms with Gasteiger partial charge in [0.05, 0.1) is 11.3 Å². The van der Waals surface area contributed by atoms with E-state index in [4.69, 9.17) is 0 Å². The molecule has 0 spiro atoms. The molecule has 0 saturated heterocycles. The highest BCUT2D eigenvalue weighted by Gasteiger charge is 2.14. The molecule has 23 heavy (non-hydrogen) atoms. The van der Waals surface area contributed by atoms with E-state index in [0.717, 1.165) is 12.2 Å². The molecule has 2 rings (SSSR count). The summed E-state index contributed by atoms with van der Waals surface area (Å²) in [6.07, 6.45) is 0.880. The number of amides is 1. The summed E-state index contributed by atoms with van der Waals surface area (Å²) in [6, 6.07) is 16.4. The van der Waals surface area contributed by atoms with Crippen molar-refractivity contribution in [2.45, 2.75) is 17.7 Å². The maximum Gasteiger partial charge on any atom is 0.273 e. The second-order valence-corrected chi connectivity index (χ2v) is 6.10. The maximum absolute atomic E-state index is 11.9. The zero-order valence-electron chi connectivity index (χ0n) is 12.6. The van der Waals surface area contributed by atoms with Crippen LogP contribution in [0.1, 0.15) is 12.0 Å². The lowest BCUT2D eigenvalue weighted by Crippen LogP contribution is -2.26. The first-order chi connectivity index (χ1) is 11.2. The minimum Gasteiger partial charge on any atom is -0.356 e. The molecule has 0 radical (unpaired) electrons. The van der Waals surface area contributed by atoms with Crippen molar-refractivity contribution in [2.24, 2.45) is 0 Å². The lowest BCUT2D eigenvalue weighted by atomic mass is 10.1. The molecule has 6 heteroatoms. The average molecular weight is 330 g/mol. The molecule has 2 aromatic rings. The van der Waals surface area contributed by atoms with E-state index in [1.54, 1.807) is 30.0 Å². The summed E-state index contributed by atoms with van der Waals surface area (Å²) in [7, 11) is 0. The van der Waals surface area contributed by atoms with Gasteiger partial charge in [-0.1, -0.05) is 36.4 Å². The van der Waals surface area contributed by atoms with Crippen LogP contribution < -0.4 is 5.32 Å². The van der Waals surface area contributed by atoms with Crippen molar-refractivity contribution in [3.63, 3.8) is 0 Å². The summed E-state index contributed by atoms with van der Waals surface area (Å²) in [6.45, 7) is 0.569. The van der Waals surface area contributed by atoms with Crippen LogP contribution in [-0.2, 0) is 11.2 Å². The zero-order valence-corrected chi connectivity index (χ0v) is 13.4. The highest BCUT2D eigenvalue weighted by Crippen LogP contribution is 2.18. The fraction of sp³-hybridized carbons (Fsp3) is 0.235. The predicted molar refractivity (Wildman–Crippen MR) is 91.6 cm³/mol. The van der Waals surface area contributed by atoms with Gasteiger partial charge in [0, 0.05) is 23.1 Å². The molecular weight excluding hydrogens is 312 g/mol. The number of nitro groups is 1. The van der Waals surface area contributed by atoms with Crippen LogP contribution in [0.5, 0.6) is 0 Å². The van der Waals surface area contributed by atoms with Crippen molar-refractivity contribution < 1.29 is 9.72 Å². The monoisotopic (exact) mass is 330 g/mol. The molecule has 0 aromatic heterocycles. The molecule has 0 saturated carbocycles. The summed E-state index contributed by atoms with van der Waals surface area (Å²) >= 11 is 1.74. The standard InChI is InChI=1S/C17H18N2O3S/c20-17(13-14-7-4-5-10-16(14)19(21)22)18-11-6-12-23-15-8-2-1-3-9-15/h1-5,7-10H,6,11-13H2,(H,18,20). The van der Waals surface area contributed by atoms with Crippen molar-refractivity contribution in [3.05, 3.63) is 70.3 Å². The number of thioether (sulfide) groups is 1. The fourth-order valence-electron chi connectivity index (χ4n) is 2.08. The van der Waals surface area contributed by atoms with Gasteiger partial charge in [-0.2, -0.15) is 0 Å². The Labute approximate surface area is 139 Å². The summed E-state index contributed by atoms with van der Waals surface area (Å²) in [5, 5.41) is 13.7. The third-order valence-electron chi connectivity index (χ3n) is 3.19. The van der Waals surface area contributed by atoms with E-state index in [2.05, 4.69) is 17.4 Å². The molecule has 0 bridgehead atoms. The maximum atomic E-state index is 11.9. The minimum atomic E-state index is -0.459. The number of hydrogen-bond acceptors (Lipinski definition) is 4. The van der Waals surface area contributed by atoms with Gasteiger partial charge in [-0.3, -0.25) is 14.9 Å². The van der Waals surface area contributed by atoms with Gasteiger partial charge in [0.1, 0.15) is 0 Å².